The van der Waals surface area contributed by atoms with E-state index >= 15 is 0 Å². The van der Waals surface area contributed by atoms with Gasteiger partial charge in [-0.25, -0.2) is 0 Å². The molecule has 0 radical (unpaired) electrons. The average Bonchev–Trinajstić information content (AvgIpc) is 2.68. The third-order valence-electron chi connectivity index (χ3n) is 1.73. The molecule has 0 unspecified atom stereocenters. The van der Waals surface area contributed by atoms with Gasteiger partial charge in [-0.3, -0.25) is 4.98 Å². The third kappa shape index (κ3) is 1.94. The van der Waals surface area contributed by atoms with E-state index in [0.717, 1.165) is 22.0 Å². The fourth-order valence-corrected chi connectivity index (χ4v) is 1.93. The van der Waals surface area contributed by atoms with Gasteiger partial charge in [0.05, 0.1) is 0 Å². The topological polar surface area (TPSA) is 64.7 Å². The molecule has 0 saturated heterocycles. The lowest BCUT2D eigenvalue weighted by Crippen LogP contribution is -2.01. The van der Waals surface area contributed by atoms with Crippen LogP contribution in [0, 0.1) is 0 Å². The van der Waals surface area contributed by atoms with E-state index in [4.69, 9.17) is 5.73 Å². The molecule has 0 aliphatic carbocycles. The van der Waals surface area contributed by atoms with Gasteiger partial charge in [0, 0.05) is 24.4 Å². The van der Waals surface area contributed by atoms with Gasteiger partial charge in [0.2, 0.25) is 0 Å². The van der Waals surface area contributed by atoms with E-state index in [1.54, 1.807) is 23.7 Å². The van der Waals surface area contributed by atoms with Crippen molar-refractivity contribution in [3.63, 3.8) is 0 Å². The van der Waals surface area contributed by atoms with Gasteiger partial charge in [-0.05, 0) is 18.7 Å². The molecule has 2 aromatic heterocycles. The Morgan fingerprint density at radius 1 is 1.36 bits per heavy atom. The molecule has 0 aromatic carbocycles. The minimum Gasteiger partial charge on any atom is -0.330 e. The maximum absolute atomic E-state index is 5.44. The molecule has 2 rings (SSSR count). The molecule has 0 aliphatic rings. The van der Waals surface area contributed by atoms with Crippen LogP contribution in [-0.4, -0.2) is 21.7 Å². The van der Waals surface area contributed by atoms with Crippen molar-refractivity contribution in [3.05, 3.63) is 29.5 Å². The van der Waals surface area contributed by atoms with Crippen molar-refractivity contribution in [2.45, 2.75) is 6.42 Å². The predicted octanol–water partition coefficient (Wildman–Crippen LogP) is 1.10. The summed E-state index contributed by atoms with van der Waals surface area (Å²) in [5.41, 5.74) is 6.44. The summed E-state index contributed by atoms with van der Waals surface area (Å²) in [5, 5.41) is 10.0. The Balaban J connectivity index is 2.25. The van der Waals surface area contributed by atoms with Crippen molar-refractivity contribution >= 4 is 11.3 Å². The molecule has 0 spiro atoms. The number of pyridine rings is 1. The first-order valence-corrected chi connectivity index (χ1v) is 5.14. The van der Waals surface area contributed by atoms with E-state index in [1.807, 2.05) is 12.1 Å². The second-order valence-corrected chi connectivity index (χ2v) is 3.84. The van der Waals surface area contributed by atoms with Gasteiger partial charge in [-0.15, -0.1) is 10.2 Å². The lowest BCUT2D eigenvalue weighted by molar-refractivity contribution is 0.913. The third-order valence-corrected chi connectivity index (χ3v) is 2.77. The Morgan fingerprint density at radius 3 is 3.00 bits per heavy atom. The lowest BCUT2D eigenvalue weighted by atomic mass is 10.3. The first-order valence-electron chi connectivity index (χ1n) is 4.33. The molecular formula is C9H10N4S. The molecule has 5 heteroatoms. The van der Waals surface area contributed by atoms with Crippen LogP contribution in [0.25, 0.3) is 10.6 Å². The zero-order valence-electron chi connectivity index (χ0n) is 7.55. The minimum atomic E-state index is 0.613. The Labute approximate surface area is 85.8 Å². The van der Waals surface area contributed by atoms with E-state index in [-0.39, 0.29) is 0 Å². The number of rotatable bonds is 3. The highest BCUT2D eigenvalue weighted by molar-refractivity contribution is 7.14. The smallest absolute Gasteiger partial charge is 0.149 e. The zero-order chi connectivity index (χ0) is 9.80. The number of hydrogen-bond donors (Lipinski definition) is 1. The number of nitrogens with two attached hydrogens (primary N) is 1. The summed E-state index contributed by atoms with van der Waals surface area (Å²) >= 11 is 1.57. The van der Waals surface area contributed by atoms with Crippen molar-refractivity contribution in [3.8, 4) is 10.6 Å². The number of nitrogens with zero attached hydrogens (tertiary/aromatic N) is 3. The van der Waals surface area contributed by atoms with Crippen molar-refractivity contribution in [2.75, 3.05) is 6.54 Å². The Kier molecular flexibility index (Phi) is 2.81. The Morgan fingerprint density at radius 2 is 2.29 bits per heavy atom. The van der Waals surface area contributed by atoms with Crippen molar-refractivity contribution in [1.82, 2.24) is 15.2 Å². The molecular weight excluding hydrogens is 196 g/mol. The van der Waals surface area contributed by atoms with Gasteiger partial charge in [0.1, 0.15) is 10.0 Å². The molecule has 14 heavy (non-hydrogen) atoms. The summed E-state index contributed by atoms with van der Waals surface area (Å²) in [6, 6.07) is 3.86. The highest BCUT2D eigenvalue weighted by Crippen LogP contribution is 2.22. The fraction of sp³-hybridized carbons (Fsp3) is 0.222. The monoisotopic (exact) mass is 206 g/mol. The van der Waals surface area contributed by atoms with Gasteiger partial charge < -0.3 is 5.73 Å². The van der Waals surface area contributed by atoms with Crippen LogP contribution in [0.15, 0.2) is 24.5 Å². The summed E-state index contributed by atoms with van der Waals surface area (Å²) in [6.07, 6.45) is 4.32. The van der Waals surface area contributed by atoms with Crippen LogP contribution >= 0.6 is 11.3 Å². The molecule has 0 atom stereocenters. The quantitative estimate of drug-likeness (QED) is 0.816. The molecule has 2 aromatic rings. The average molecular weight is 206 g/mol. The van der Waals surface area contributed by atoms with Crippen LogP contribution in [0.2, 0.25) is 0 Å². The van der Waals surface area contributed by atoms with Gasteiger partial charge in [0.15, 0.2) is 0 Å². The van der Waals surface area contributed by atoms with Crippen LogP contribution in [-0.2, 0) is 6.42 Å². The highest BCUT2D eigenvalue weighted by atomic mass is 32.1. The first-order chi connectivity index (χ1) is 6.90. The van der Waals surface area contributed by atoms with Crippen molar-refractivity contribution in [2.24, 2.45) is 5.73 Å². The van der Waals surface area contributed by atoms with Crippen LogP contribution in [0.5, 0.6) is 0 Å². The largest absolute Gasteiger partial charge is 0.330 e. The maximum atomic E-state index is 5.44. The van der Waals surface area contributed by atoms with E-state index in [2.05, 4.69) is 15.2 Å². The molecule has 0 fully saturated rings. The SMILES string of the molecule is NCCc1nnc(-c2cccnc2)s1. The van der Waals surface area contributed by atoms with Crippen LogP contribution in [0.1, 0.15) is 5.01 Å². The Bertz CT molecular complexity index is 398. The second kappa shape index (κ2) is 4.26. The summed E-state index contributed by atoms with van der Waals surface area (Å²) < 4.78 is 0. The van der Waals surface area contributed by atoms with E-state index in [1.165, 1.54) is 0 Å². The molecule has 0 bridgehead atoms. The highest BCUT2D eigenvalue weighted by Gasteiger charge is 2.05. The predicted molar refractivity (Wildman–Crippen MR) is 55.9 cm³/mol. The minimum absolute atomic E-state index is 0.613. The molecule has 0 amide bonds. The summed E-state index contributed by atoms with van der Waals surface area (Å²) in [5.74, 6) is 0. The molecule has 2 heterocycles. The zero-order valence-corrected chi connectivity index (χ0v) is 8.37. The molecule has 4 nitrogen and oxygen atoms in total. The van der Waals surface area contributed by atoms with Crippen LogP contribution < -0.4 is 5.73 Å². The molecule has 72 valence electrons. The van der Waals surface area contributed by atoms with Crippen molar-refractivity contribution < 1.29 is 0 Å². The Hall–Kier alpha value is -1.33. The lowest BCUT2D eigenvalue weighted by Gasteiger charge is -1.90. The normalized spacial score (nSPS) is 10.4. The van der Waals surface area contributed by atoms with Crippen LogP contribution in [0.3, 0.4) is 0 Å². The van der Waals surface area contributed by atoms with Crippen LogP contribution in [0.4, 0.5) is 0 Å². The summed E-state index contributed by atoms with van der Waals surface area (Å²) in [7, 11) is 0. The standard InChI is InChI=1S/C9H10N4S/c10-4-3-8-12-13-9(14-8)7-2-1-5-11-6-7/h1-2,5-6H,3-4,10H2. The molecule has 0 aliphatic heterocycles. The van der Waals surface area contributed by atoms with Crippen molar-refractivity contribution in [1.29, 1.82) is 0 Å². The molecule has 0 saturated carbocycles. The first kappa shape index (κ1) is 9.23. The summed E-state index contributed by atoms with van der Waals surface area (Å²) in [4.78, 5) is 4.03. The van der Waals surface area contributed by atoms with Gasteiger partial charge >= 0.3 is 0 Å². The second-order valence-electron chi connectivity index (χ2n) is 2.78. The fourth-order valence-electron chi connectivity index (χ4n) is 1.08. The van der Waals surface area contributed by atoms with Gasteiger partial charge in [-0.2, -0.15) is 0 Å². The van der Waals surface area contributed by atoms with Gasteiger partial charge in [0.25, 0.3) is 0 Å². The molecule has 2 N–H and O–H groups in total. The van der Waals surface area contributed by atoms with E-state index in [0.29, 0.717) is 6.54 Å². The number of aromatic nitrogens is 3. The summed E-state index contributed by atoms with van der Waals surface area (Å²) in [6.45, 7) is 0.613. The van der Waals surface area contributed by atoms with E-state index in [9.17, 15) is 0 Å². The maximum Gasteiger partial charge on any atom is 0.149 e. The van der Waals surface area contributed by atoms with Gasteiger partial charge in [-0.1, -0.05) is 11.3 Å². The number of hydrogen-bond acceptors (Lipinski definition) is 5. The van der Waals surface area contributed by atoms with E-state index < -0.39 is 0 Å².